The zero-order chi connectivity index (χ0) is 30.0. The third kappa shape index (κ3) is 5.53. The molecule has 0 N–H and O–H groups in total. The number of sulfone groups is 1. The topological polar surface area (TPSA) is 61.8 Å². The van der Waals surface area contributed by atoms with Gasteiger partial charge in [0.1, 0.15) is 0 Å². The van der Waals surface area contributed by atoms with Gasteiger partial charge >= 0.3 is 0 Å². The minimum Gasteiger partial charge on any atom is -0.493 e. The van der Waals surface area contributed by atoms with E-state index in [1.54, 1.807) is 18.2 Å². The van der Waals surface area contributed by atoms with Crippen molar-refractivity contribution in [3.05, 3.63) is 115 Å². The van der Waals surface area contributed by atoms with Crippen molar-refractivity contribution in [3.8, 4) is 11.5 Å². The van der Waals surface area contributed by atoms with Gasteiger partial charge in [-0.25, -0.2) is 8.42 Å². The monoisotopic (exact) mass is 600 g/mol. The fourth-order valence-corrected chi connectivity index (χ4v) is 12.9. The van der Waals surface area contributed by atoms with Gasteiger partial charge in [-0.15, -0.1) is 0 Å². The van der Waals surface area contributed by atoms with Gasteiger partial charge in [0.05, 0.1) is 24.9 Å². The van der Waals surface area contributed by atoms with E-state index >= 15 is 0 Å². The Bertz CT molecular complexity index is 1560. The second-order valence-electron chi connectivity index (χ2n) is 12.2. The molecule has 1 saturated carbocycles. The largest absolute Gasteiger partial charge is 0.493 e. The third-order valence-electron chi connectivity index (χ3n) is 8.66. The normalized spacial score (nSPS) is 18.8. The Balaban J connectivity index is 1.51. The number of hydrogen-bond acceptors (Lipinski definition) is 5. The molecule has 0 bridgehead atoms. The average molecular weight is 601 g/mol. The van der Waals surface area contributed by atoms with Crippen LogP contribution in [0.2, 0.25) is 5.04 Å². The fourth-order valence-electron chi connectivity index (χ4n) is 6.40. The van der Waals surface area contributed by atoms with E-state index in [4.69, 9.17) is 13.9 Å². The van der Waals surface area contributed by atoms with Gasteiger partial charge in [-0.3, -0.25) is 0 Å². The Labute approximate surface area is 251 Å². The van der Waals surface area contributed by atoms with E-state index < -0.39 is 23.6 Å². The van der Waals surface area contributed by atoms with E-state index in [0.29, 0.717) is 18.1 Å². The fraction of sp³-hybridized carbons (Fsp3) is 0.314. The van der Waals surface area contributed by atoms with Crippen LogP contribution >= 0.6 is 0 Å². The number of benzene rings is 4. The van der Waals surface area contributed by atoms with Crippen LogP contribution in [0, 0.1) is 5.92 Å². The highest BCUT2D eigenvalue weighted by Gasteiger charge is 2.59. The van der Waals surface area contributed by atoms with Crippen molar-refractivity contribution in [2.45, 2.75) is 42.5 Å². The molecule has 42 heavy (non-hydrogen) atoms. The van der Waals surface area contributed by atoms with Crippen molar-refractivity contribution in [3.63, 3.8) is 0 Å². The first-order valence-corrected chi connectivity index (χ1v) is 17.9. The van der Waals surface area contributed by atoms with Crippen LogP contribution in [-0.4, -0.2) is 43.3 Å². The lowest BCUT2D eigenvalue weighted by Crippen LogP contribution is -2.66. The SMILES string of the molecule is COc1ccc(S(=O)(=O)CC2(c3ccccc3)CC2CO[Si](c2ccccc2)(c2ccccc2)C(C)(C)C)cc1OC. The lowest BCUT2D eigenvalue weighted by Gasteiger charge is -2.43. The number of hydrogen-bond donors (Lipinski definition) is 0. The van der Waals surface area contributed by atoms with E-state index in [-0.39, 0.29) is 21.6 Å². The highest BCUT2D eigenvalue weighted by atomic mass is 32.2. The summed E-state index contributed by atoms with van der Waals surface area (Å²) in [7, 11) is -3.37. The molecule has 0 aliphatic heterocycles. The number of rotatable bonds is 11. The Kier molecular flexibility index (Phi) is 8.38. The summed E-state index contributed by atoms with van der Waals surface area (Å²) in [5.41, 5.74) is 0.489. The maximum absolute atomic E-state index is 13.9. The molecule has 4 aromatic rings. The zero-order valence-electron chi connectivity index (χ0n) is 25.0. The summed E-state index contributed by atoms with van der Waals surface area (Å²) in [6.45, 7) is 7.26. The molecule has 0 radical (unpaired) electrons. The van der Waals surface area contributed by atoms with E-state index in [2.05, 4.69) is 69.3 Å². The minimum absolute atomic E-state index is 0.00568. The molecule has 1 aliphatic carbocycles. The molecule has 2 atom stereocenters. The van der Waals surface area contributed by atoms with Gasteiger partial charge in [-0.1, -0.05) is 112 Å². The van der Waals surface area contributed by atoms with Gasteiger partial charge in [0.2, 0.25) is 0 Å². The van der Waals surface area contributed by atoms with E-state index in [9.17, 15) is 8.42 Å². The first-order chi connectivity index (χ1) is 20.1. The van der Waals surface area contributed by atoms with E-state index in [0.717, 1.165) is 12.0 Å². The van der Waals surface area contributed by atoms with Crippen molar-refractivity contribution in [1.82, 2.24) is 0 Å². The second-order valence-corrected chi connectivity index (χ2v) is 18.5. The van der Waals surface area contributed by atoms with Crippen LogP contribution in [0.3, 0.4) is 0 Å². The predicted octanol–water partition coefficient (Wildman–Crippen LogP) is 6.01. The first kappa shape index (κ1) is 30.1. The van der Waals surface area contributed by atoms with Crippen molar-refractivity contribution in [2.24, 2.45) is 5.92 Å². The molecule has 0 amide bonds. The van der Waals surface area contributed by atoms with Gasteiger partial charge in [-0.2, -0.15) is 0 Å². The first-order valence-electron chi connectivity index (χ1n) is 14.3. The van der Waals surface area contributed by atoms with Crippen molar-refractivity contribution in [2.75, 3.05) is 26.6 Å². The molecule has 2 unspecified atom stereocenters. The van der Waals surface area contributed by atoms with Gasteiger partial charge in [0, 0.05) is 18.1 Å². The molecule has 1 fully saturated rings. The summed E-state index contributed by atoms with van der Waals surface area (Å²) in [4.78, 5) is 0.231. The molecule has 5 rings (SSSR count). The van der Waals surface area contributed by atoms with Gasteiger partial charge < -0.3 is 13.9 Å². The molecular weight excluding hydrogens is 561 g/mol. The minimum atomic E-state index is -3.66. The summed E-state index contributed by atoms with van der Waals surface area (Å²) in [5.74, 6) is 0.942. The molecule has 4 aromatic carbocycles. The summed E-state index contributed by atoms with van der Waals surface area (Å²) in [6.07, 6.45) is 0.738. The molecule has 0 aromatic heterocycles. The highest BCUT2D eigenvalue weighted by Crippen LogP contribution is 2.56. The molecule has 0 saturated heterocycles. The van der Waals surface area contributed by atoms with Crippen LogP contribution in [0.15, 0.2) is 114 Å². The summed E-state index contributed by atoms with van der Waals surface area (Å²) in [6, 6.07) is 36.0. The van der Waals surface area contributed by atoms with Crippen LogP contribution in [0.4, 0.5) is 0 Å². The third-order valence-corrected chi connectivity index (χ3v) is 15.5. The van der Waals surface area contributed by atoms with Crippen molar-refractivity contribution in [1.29, 1.82) is 0 Å². The summed E-state index contributed by atoms with van der Waals surface area (Å²) in [5, 5.41) is 2.27. The van der Waals surface area contributed by atoms with Gasteiger partial charge in [0.15, 0.2) is 21.3 Å². The van der Waals surface area contributed by atoms with Crippen LogP contribution < -0.4 is 19.8 Å². The smallest absolute Gasteiger partial charge is 0.261 e. The molecule has 5 nitrogen and oxygen atoms in total. The maximum atomic E-state index is 13.9. The molecule has 220 valence electrons. The summed E-state index contributed by atoms with van der Waals surface area (Å²) < 4.78 is 45.9. The molecule has 0 spiro atoms. The highest BCUT2D eigenvalue weighted by molar-refractivity contribution is 7.91. The molecule has 0 heterocycles. The predicted molar refractivity (Wildman–Crippen MR) is 171 cm³/mol. The Morgan fingerprint density at radius 2 is 1.29 bits per heavy atom. The van der Waals surface area contributed by atoms with Gasteiger partial charge in [-0.05, 0) is 45.4 Å². The number of methoxy groups -OCH3 is 2. The molecule has 1 aliphatic rings. The van der Waals surface area contributed by atoms with Crippen LogP contribution in [-0.2, 0) is 19.7 Å². The Morgan fingerprint density at radius 1 is 0.762 bits per heavy atom. The Hall–Kier alpha value is -3.39. The second kappa shape index (κ2) is 11.7. The maximum Gasteiger partial charge on any atom is 0.261 e. The van der Waals surface area contributed by atoms with E-state index in [1.807, 2.05) is 42.5 Å². The lowest BCUT2D eigenvalue weighted by atomic mass is 9.95. The molecular formula is C35H40O5SSi. The van der Waals surface area contributed by atoms with Crippen molar-refractivity contribution < 1.29 is 22.3 Å². The van der Waals surface area contributed by atoms with Crippen LogP contribution in [0.1, 0.15) is 32.8 Å². The zero-order valence-corrected chi connectivity index (χ0v) is 26.9. The Morgan fingerprint density at radius 3 is 1.79 bits per heavy atom. The van der Waals surface area contributed by atoms with Gasteiger partial charge in [0.25, 0.3) is 8.32 Å². The van der Waals surface area contributed by atoms with Crippen LogP contribution in [0.25, 0.3) is 0 Å². The quantitative estimate of drug-likeness (QED) is 0.197. The van der Waals surface area contributed by atoms with E-state index in [1.165, 1.54) is 24.6 Å². The standard InChI is InChI=1S/C35H40O5SSi/c1-34(2,3)42(30-17-11-7-12-18-30,31-19-13-8-14-20-31)40-25-28-24-35(28,27-15-9-6-10-16-27)26-41(36,37)29-21-22-32(38-4)33(23-29)39-5/h6-23,28H,24-26H2,1-5H3. The number of ether oxygens (including phenoxy) is 2. The van der Waals surface area contributed by atoms with Crippen molar-refractivity contribution >= 4 is 28.5 Å². The lowest BCUT2D eigenvalue weighted by molar-refractivity contribution is 0.271. The summed E-state index contributed by atoms with van der Waals surface area (Å²) >= 11 is 0. The molecule has 7 heteroatoms. The van der Waals surface area contributed by atoms with Crippen LogP contribution in [0.5, 0.6) is 11.5 Å². The average Bonchev–Trinajstić information content (AvgIpc) is 3.70.